The van der Waals surface area contributed by atoms with Crippen LogP contribution in [0.1, 0.15) is 30.7 Å². The van der Waals surface area contributed by atoms with Crippen molar-refractivity contribution >= 4 is 16.9 Å². The number of fused-ring (bicyclic) bond motifs is 1. The third-order valence-electron chi connectivity index (χ3n) is 5.35. The minimum atomic E-state index is 0.202. The third kappa shape index (κ3) is 3.34. The molecule has 0 bridgehead atoms. The third-order valence-corrected chi connectivity index (χ3v) is 5.35. The van der Waals surface area contributed by atoms with Crippen molar-refractivity contribution in [1.29, 1.82) is 0 Å². The maximum atomic E-state index is 13.0. The van der Waals surface area contributed by atoms with E-state index in [-0.39, 0.29) is 5.91 Å². The molecule has 1 atom stereocenters. The zero-order chi connectivity index (χ0) is 17.9. The van der Waals surface area contributed by atoms with E-state index in [0.717, 1.165) is 49.1 Å². The number of amides is 1. The average Bonchev–Trinajstić information content (AvgIpc) is 3.26. The highest BCUT2D eigenvalue weighted by molar-refractivity contribution is 5.81. The van der Waals surface area contributed by atoms with E-state index in [9.17, 15) is 4.79 Å². The van der Waals surface area contributed by atoms with Gasteiger partial charge in [0.05, 0.1) is 11.0 Å². The molecule has 0 N–H and O–H groups in total. The fourth-order valence-electron chi connectivity index (χ4n) is 3.97. The van der Waals surface area contributed by atoms with E-state index in [0.29, 0.717) is 12.6 Å². The van der Waals surface area contributed by atoms with Gasteiger partial charge < -0.3 is 9.47 Å². The van der Waals surface area contributed by atoms with Crippen molar-refractivity contribution in [2.45, 2.75) is 45.2 Å². The number of aryl methyl sites for hydroxylation is 2. The number of likely N-dealkylation sites (tertiary alicyclic amines) is 1. The first-order chi connectivity index (χ1) is 12.7. The highest BCUT2D eigenvalue weighted by atomic mass is 16.2. The van der Waals surface area contributed by atoms with Gasteiger partial charge in [-0.15, -0.1) is 0 Å². The van der Waals surface area contributed by atoms with E-state index in [1.54, 1.807) is 0 Å². The molecule has 3 aromatic rings. The predicted octanol–water partition coefficient (Wildman–Crippen LogP) is 3.36. The topological polar surface area (TPSA) is 51.0 Å². The lowest BCUT2D eigenvalue weighted by Crippen LogP contribution is -2.38. The number of rotatable bonds is 5. The van der Waals surface area contributed by atoms with E-state index in [2.05, 4.69) is 27.0 Å². The smallest absolute Gasteiger partial charge is 0.242 e. The summed E-state index contributed by atoms with van der Waals surface area (Å²) in [5.74, 6) is 1.10. The lowest BCUT2D eigenvalue weighted by Gasteiger charge is -2.25. The predicted molar refractivity (Wildman–Crippen MR) is 102 cm³/mol. The molecule has 0 aliphatic carbocycles. The first-order valence-electron chi connectivity index (χ1n) is 9.32. The SMILES string of the molecule is Cc1nc2ccccc2n1CC(=O)N1CCC[C@@H]1CCc1ccncc1. The van der Waals surface area contributed by atoms with Crippen LogP contribution in [0.3, 0.4) is 0 Å². The maximum absolute atomic E-state index is 13.0. The number of imidazole rings is 1. The highest BCUT2D eigenvalue weighted by Crippen LogP contribution is 2.23. The molecule has 0 unspecified atom stereocenters. The summed E-state index contributed by atoms with van der Waals surface area (Å²) in [5.41, 5.74) is 3.27. The second-order valence-electron chi connectivity index (χ2n) is 7.01. The summed E-state index contributed by atoms with van der Waals surface area (Å²) >= 11 is 0. The molecule has 1 aliphatic heterocycles. The zero-order valence-electron chi connectivity index (χ0n) is 15.1. The second kappa shape index (κ2) is 7.28. The molecule has 5 nitrogen and oxygen atoms in total. The number of hydrogen-bond acceptors (Lipinski definition) is 3. The van der Waals surface area contributed by atoms with Crippen molar-refractivity contribution in [3.05, 3.63) is 60.2 Å². The van der Waals surface area contributed by atoms with Crippen LogP contribution in [0.15, 0.2) is 48.8 Å². The molecule has 5 heteroatoms. The number of carbonyl (C=O) groups excluding carboxylic acids is 1. The highest BCUT2D eigenvalue weighted by Gasteiger charge is 2.28. The van der Waals surface area contributed by atoms with Crippen molar-refractivity contribution in [1.82, 2.24) is 19.4 Å². The van der Waals surface area contributed by atoms with Crippen molar-refractivity contribution in [3.63, 3.8) is 0 Å². The molecule has 134 valence electrons. The summed E-state index contributed by atoms with van der Waals surface area (Å²) < 4.78 is 2.04. The number of benzene rings is 1. The minimum absolute atomic E-state index is 0.202. The van der Waals surface area contributed by atoms with Crippen LogP contribution in [0, 0.1) is 6.92 Å². The summed E-state index contributed by atoms with van der Waals surface area (Å²) in [6.07, 6.45) is 7.86. The monoisotopic (exact) mass is 348 g/mol. The Morgan fingerprint density at radius 3 is 2.85 bits per heavy atom. The molecule has 1 fully saturated rings. The van der Waals surface area contributed by atoms with Gasteiger partial charge in [0.15, 0.2) is 0 Å². The number of aromatic nitrogens is 3. The van der Waals surface area contributed by atoms with Gasteiger partial charge in [-0.25, -0.2) is 4.98 Å². The molecule has 1 amide bonds. The van der Waals surface area contributed by atoms with Crippen molar-refractivity contribution in [2.75, 3.05) is 6.54 Å². The molecule has 2 aromatic heterocycles. The zero-order valence-corrected chi connectivity index (χ0v) is 15.1. The molecule has 0 saturated carbocycles. The van der Waals surface area contributed by atoms with Crippen LogP contribution in [0.25, 0.3) is 11.0 Å². The Kier molecular flexibility index (Phi) is 4.69. The van der Waals surface area contributed by atoms with Gasteiger partial charge in [0.1, 0.15) is 12.4 Å². The Morgan fingerprint density at radius 2 is 2.00 bits per heavy atom. The number of carbonyl (C=O) groups is 1. The molecule has 1 aliphatic rings. The molecule has 0 radical (unpaired) electrons. The minimum Gasteiger partial charge on any atom is -0.338 e. The van der Waals surface area contributed by atoms with Gasteiger partial charge in [0.25, 0.3) is 0 Å². The molecule has 0 spiro atoms. The van der Waals surface area contributed by atoms with E-state index < -0.39 is 0 Å². The molecular formula is C21H24N4O. The summed E-state index contributed by atoms with van der Waals surface area (Å²) in [6, 6.07) is 12.5. The van der Waals surface area contributed by atoms with E-state index in [1.165, 1.54) is 5.56 Å². The van der Waals surface area contributed by atoms with Gasteiger partial charge in [-0.3, -0.25) is 9.78 Å². The molecule has 1 saturated heterocycles. The van der Waals surface area contributed by atoms with Gasteiger partial charge >= 0.3 is 0 Å². The molecule has 26 heavy (non-hydrogen) atoms. The Hall–Kier alpha value is -2.69. The van der Waals surface area contributed by atoms with Crippen LogP contribution in [0.4, 0.5) is 0 Å². The number of nitrogens with zero attached hydrogens (tertiary/aromatic N) is 4. The summed E-state index contributed by atoms with van der Waals surface area (Å²) in [5, 5.41) is 0. The van der Waals surface area contributed by atoms with Crippen molar-refractivity contribution in [2.24, 2.45) is 0 Å². The fourth-order valence-corrected chi connectivity index (χ4v) is 3.97. The first-order valence-corrected chi connectivity index (χ1v) is 9.32. The van der Waals surface area contributed by atoms with E-state index in [1.807, 2.05) is 48.1 Å². The van der Waals surface area contributed by atoms with Crippen LogP contribution in [0.5, 0.6) is 0 Å². The Labute approximate surface area is 153 Å². The fraction of sp³-hybridized carbons (Fsp3) is 0.381. The van der Waals surface area contributed by atoms with E-state index >= 15 is 0 Å². The average molecular weight is 348 g/mol. The van der Waals surface area contributed by atoms with E-state index in [4.69, 9.17) is 0 Å². The Morgan fingerprint density at radius 1 is 1.19 bits per heavy atom. The summed E-state index contributed by atoms with van der Waals surface area (Å²) in [4.78, 5) is 23.7. The quantitative estimate of drug-likeness (QED) is 0.710. The molecule has 3 heterocycles. The normalized spacial score (nSPS) is 17.1. The van der Waals surface area contributed by atoms with Gasteiger partial charge in [0.2, 0.25) is 5.91 Å². The standard InChI is InChI=1S/C21H24N4O/c1-16-23-19-6-2-3-7-20(19)25(16)15-21(26)24-14-4-5-18(24)9-8-17-10-12-22-13-11-17/h2-3,6-7,10-13,18H,4-5,8-9,14-15H2,1H3/t18-/m1/s1. The lowest BCUT2D eigenvalue weighted by molar-refractivity contribution is -0.132. The number of pyridine rings is 1. The number of hydrogen-bond donors (Lipinski definition) is 0. The second-order valence-corrected chi connectivity index (χ2v) is 7.01. The number of para-hydroxylation sites is 2. The van der Waals surface area contributed by atoms with Gasteiger partial charge in [-0.2, -0.15) is 0 Å². The van der Waals surface area contributed by atoms with Crippen LogP contribution in [-0.4, -0.2) is 37.9 Å². The van der Waals surface area contributed by atoms with Crippen LogP contribution in [0.2, 0.25) is 0 Å². The summed E-state index contributed by atoms with van der Waals surface area (Å²) in [6.45, 7) is 3.21. The maximum Gasteiger partial charge on any atom is 0.242 e. The molecule has 4 rings (SSSR count). The van der Waals surface area contributed by atoms with Gasteiger partial charge in [-0.1, -0.05) is 12.1 Å². The van der Waals surface area contributed by atoms with Crippen LogP contribution < -0.4 is 0 Å². The van der Waals surface area contributed by atoms with Crippen molar-refractivity contribution < 1.29 is 4.79 Å². The summed E-state index contributed by atoms with van der Waals surface area (Å²) in [7, 11) is 0. The van der Waals surface area contributed by atoms with Gasteiger partial charge in [0, 0.05) is 25.0 Å². The van der Waals surface area contributed by atoms with Gasteiger partial charge in [-0.05, 0) is 62.4 Å². The van der Waals surface area contributed by atoms with Crippen LogP contribution >= 0.6 is 0 Å². The molecular weight excluding hydrogens is 324 g/mol. The Bertz CT molecular complexity index is 903. The molecule has 1 aromatic carbocycles. The largest absolute Gasteiger partial charge is 0.338 e. The lowest BCUT2D eigenvalue weighted by atomic mass is 10.0. The Balaban J connectivity index is 1.45. The van der Waals surface area contributed by atoms with Crippen molar-refractivity contribution in [3.8, 4) is 0 Å². The first kappa shape index (κ1) is 16.8. The van der Waals surface area contributed by atoms with Crippen LogP contribution in [-0.2, 0) is 17.8 Å².